The second-order valence-corrected chi connectivity index (χ2v) is 7.46. The minimum Gasteiger partial charge on any atom is -0.508 e. The zero-order chi connectivity index (χ0) is 13.9. The number of nitrogens with one attached hydrogen (secondary N) is 1. The Morgan fingerprint density at radius 3 is 2.58 bits per heavy atom. The summed E-state index contributed by atoms with van der Waals surface area (Å²) in [6, 6.07) is 7.38. The molecule has 2 rings (SSSR count). The smallest absolute Gasteiger partial charge is 0.150 e. The Labute approximate surface area is 114 Å². The Morgan fingerprint density at radius 2 is 2.05 bits per heavy atom. The van der Waals surface area contributed by atoms with Crippen LogP contribution in [0.3, 0.4) is 0 Å². The number of hydrogen-bond donors (Lipinski definition) is 2. The molecule has 0 aliphatic carbocycles. The Hall–Kier alpha value is -1.07. The molecule has 19 heavy (non-hydrogen) atoms. The van der Waals surface area contributed by atoms with Gasteiger partial charge in [-0.2, -0.15) is 0 Å². The molecule has 4 nitrogen and oxygen atoms in total. The van der Waals surface area contributed by atoms with Gasteiger partial charge in [-0.05, 0) is 43.0 Å². The molecule has 2 N–H and O–H groups in total. The van der Waals surface area contributed by atoms with Crippen LogP contribution in [-0.4, -0.2) is 31.6 Å². The van der Waals surface area contributed by atoms with Crippen molar-refractivity contribution in [2.75, 3.05) is 18.1 Å². The van der Waals surface area contributed by atoms with Gasteiger partial charge >= 0.3 is 0 Å². The molecule has 0 radical (unpaired) electrons. The minimum absolute atomic E-state index is 0.212. The molecule has 5 heteroatoms. The Kier molecular flexibility index (Phi) is 4.47. The van der Waals surface area contributed by atoms with E-state index in [1.54, 1.807) is 12.1 Å². The topological polar surface area (TPSA) is 66.4 Å². The summed E-state index contributed by atoms with van der Waals surface area (Å²) in [4.78, 5) is 0. The summed E-state index contributed by atoms with van der Waals surface area (Å²) in [6.45, 7) is 2.83. The van der Waals surface area contributed by atoms with Crippen molar-refractivity contribution >= 4 is 9.84 Å². The first-order valence-electron chi connectivity index (χ1n) is 6.73. The molecule has 0 aromatic heterocycles. The molecule has 2 unspecified atom stereocenters. The van der Waals surface area contributed by atoms with Crippen LogP contribution >= 0.6 is 0 Å². The molecule has 1 fully saturated rings. The summed E-state index contributed by atoms with van der Waals surface area (Å²) in [7, 11) is -2.79. The van der Waals surface area contributed by atoms with Crippen LogP contribution in [0.5, 0.6) is 5.75 Å². The first kappa shape index (κ1) is 14.3. The van der Waals surface area contributed by atoms with Crippen molar-refractivity contribution in [3.8, 4) is 5.75 Å². The van der Waals surface area contributed by atoms with Crippen LogP contribution < -0.4 is 5.32 Å². The number of rotatable bonds is 5. The number of aromatic hydroxyl groups is 1. The number of phenolic OH excluding ortho intramolecular Hbond substituents is 1. The van der Waals surface area contributed by atoms with Gasteiger partial charge in [0, 0.05) is 6.04 Å². The summed E-state index contributed by atoms with van der Waals surface area (Å²) in [5.41, 5.74) is 1.13. The molecule has 1 aliphatic rings. The van der Waals surface area contributed by atoms with E-state index in [1.165, 1.54) is 0 Å². The Balaban J connectivity index is 1.91. The molecule has 1 saturated heterocycles. The van der Waals surface area contributed by atoms with E-state index in [1.807, 2.05) is 12.1 Å². The second kappa shape index (κ2) is 5.92. The number of sulfone groups is 1. The molecule has 0 bridgehead atoms. The van der Waals surface area contributed by atoms with E-state index in [-0.39, 0.29) is 17.7 Å². The highest BCUT2D eigenvalue weighted by molar-refractivity contribution is 7.91. The van der Waals surface area contributed by atoms with Crippen LogP contribution in [0.2, 0.25) is 0 Å². The summed E-state index contributed by atoms with van der Waals surface area (Å²) < 4.78 is 22.8. The SMILES string of the molecule is CCC(NCC1CCS(=O)(=O)C1)c1ccc(O)cc1. The van der Waals surface area contributed by atoms with Crippen molar-refractivity contribution in [2.24, 2.45) is 5.92 Å². The summed E-state index contributed by atoms with van der Waals surface area (Å²) in [6.07, 6.45) is 1.70. The third-order valence-corrected chi connectivity index (χ3v) is 5.52. The normalized spacial score (nSPS) is 23.3. The minimum atomic E-state index is -2.79. The zero-order valence-electron chi connectivity index (χ0n) is 11.2. The van der Waals surface area contributed by atoms with Gasteiger partial charge in [0.1, 0.15) is 5.75 Å². The quantitative estimate of drug-likeness (QED) is 0.865. The molecule has 1 aliphatic heterocycles. The highest BCUT2D eigenvalue weighted by atomic mass is 32.2. The van der Waals surface area contributed by atoms with E-state index in [2.05, 4.69) is 12.2 Å². The van der Waals surface area contributed by atoms with Crippen molar-refractivity contribution in [2.45, 2.75) is 25.8 Å². The maximum absolute atomic E-state index is 11.4. The zero-order valence-corrected chi connectivity index (χ0v) is 12.0. The predicted molar refractivity (Wildman–Crippen MR) is 75.9 cm³/mol. The van der Waals surface area contributed by atoms with Crippen molar-refractivity contribution in [1.29, 1.82) is 0 Å². The van der Waals surface area contributed by atoms with Crippen molar-refractivity contribution in [3.63, 3.8) is 0 Å². The number of hydrogen-bond acceptors (Lipinski definition) is 4. The predicted octanol–water partition coefficient (Wildman–Crippen LogP) is 1.87. The van der Waals surface area contributed by atoms with E-state index in [0.29, 0.717) is 11.5 Å². The van der Waals surface area contributed by atoms with Crippen LogP contribution in [0.4, 0.5) is 0 Å². The van der Waals surface area contributed by atoms with Crippen molar-refractivity contribution in [1.82, 2.24) is 5.32 Å². The average molecular weight is 283 g/mol. The molecule has 1 aromatic rings. The fraction of sp³-hybridized carbons (Fsp3) is 0.571. The summed E-state index contributed by atoms with van der Waals surface area (Å²) >= 11 is 0. The fourth-order valence-corrected chi connectivity index (χ4v) is 4.41. The van der Waals surface area contributed by atoms with Gasteiger partial charge < -0.3 is 10.4 Å². The van der Waals surface area contributed by atoms with E-state index < -0.39 is 9.84 Å². The Bertz CT molecular complexity index is 510. The van der Waals surface area contributed by atoms with Crippen molar-refractivity contribution in [3.05, 3.63) is 29.8 Å². The first-order valence-corrected chi connectivity index (χ1v) is 8.55. The average Bonchev–Trinajstić information content (AvgIpc) is 2.72. The number of benzene rings is 1. The van der Waals surface area contributed by atoms with Crippen LogP contribution in [0.15, 0.2) is 24.3 Å². The maximum Gasteiger partial charge on any atom is 0.150 e. The molecule has 2 atom stereocenters. The fourth-order valence-electron chi connectivity index (χ4n) is 2.55. The molecular weight excluding hydrogens is 262 g/mol. The summed E-state index contributed by atoms with van der Waals surface area (Å²) in [5, 5.41) is 12.7. The second-order valence-electron chi connectivity index (χ2n) is 5.23. The molecule has 1 aromatic carbocycles. The van der Waals surface area contributed by atoms with Crippen LogP contribution in [0, 0.1) is 5.92 Å². The standard InChI is InChI=1S/C14H21NO3S/c1-2-14(12-3-5-13(16)6-4-12)15-9-11-7-8-19(17,18)10-11/h3-6,11,14-16H,2,7-10H2,1H3. The van der Waals surface area contributed by atoms with Gasteiger partial charge in [-0.15, -0.1) is 0 Å². The van der Waals surface area contributed by atoms with Crippen molar-refractivity contribution < 1.29 is 13.5 Å². The lowest BCUT2D eigenvalue weighted by molar-refractivity contribution is 0.448. The Morgan fingerprint density at radius 1 is 1.37 bits per heavy atom. The number of phenols is 1. The van der Waals surface area contributed by atoms with E-state index in [9.17, 15) is 13.5 Å². The highest BCUT2D eigenvalue weighted by Gasteiger charge is 2.27. The molecular formula is C14H21NO3S. The molecule has 1 heterocycles. The highest BCUT2D eigenvalue weighted by Crippen LogP contribution is 2.22. The third-order valence-electron chi connectivity index (χ3n) is 3.68. The lowest BCUT2D eigenvalue weighted by Gasteiger charge is -2.19. The van der Waals surface area contributed by atoms with Gasteiger partial charge in [0.15, 0.2) is 9.84 Å². The first-order chi connectivity index (χ1) is 9.00. The largest absolute Gasteiger partial charge is 0.508 e. The van der Waals surface area contributed by atoms with E-state index in [0.717, 1.165) is 24.9 Å². The lowest BCUT2D eigenvalue weighted by Crippen LogP contribution is -2.27. The van der Waals surface area contributed by atoms with Gasteiger partial charge in [-0.3, -0.25) is 0 Å². The van der Waals surface area contributed by atoms with Gasteiger partial charge in [-0.1, -0.05) is 19.1 Å². The van der Waals surface area contributed by atoms with Gasteiger partial charge in [-0.25, -0.2) is 8.42 Å². The maximum atomic E-state index is 11.4. The lowest BCUT2D eigenvalue weighted by atomic mass is 10.0. The molecule has 0 saturated carbocycles. The molecule has 106 valence electrons. The van der Waals surface area contributed by atoms with Crippen LogP contribution in [-0.2, 0) is 9.84 Å². The monoisotopic (exact) mass is 283 g/mol. The van der Waals surface area contributed by atoms with Gasteiger partial charge in [0.2, 0.25) is 0 Å². The van der Waals surface area contributed by atoms with E-state index >= 15 is 0 Å². The third kappa shape index (κ3) is 3.94. The summed E-state index contributed by atoms with van der Waals surface area (Å²) in [5.74, 6) is 1.14. The van der Waals surface area contributed by atoms with Gasteiger partial charge in [0.25, 0.3) is 0 Å². The molecule has 0 amide bonds. The van der Waals surface area contributed by atoms with Gasteiger partial charge in [0.05, 0.1) is 11.5 Å². The molecule has 0 spiro atoms. The van der Waals surface area contributed by atoms with Crippen LogP contribution in [0.1, 0.15) is 31.4 Å². The van der Waals surface area contributed by atoms with Crippen LogP contribution in [0.25, 0.3) is 0 Å². The van der Waals surface area contributed by atoms with E-state index in [4.69, 9.17) is 0 Å².